The van der Waals surface area contributed by atoms with Crippen LogP contribution in [0.4, 0.5) is 0 Å². The van der Waals surface area contributed by atoms with Crippen LogP contribution in [-0.4, -0.2) is 6.08 Å². The number of isocyanates is 1. The van der Waals surface area contributed by atoms with Gasteiger partial charge in [0.25, 0.3) is 0 Å². The Morgan fingerprint density at radius 1 is 1.07 bits per heavy atom. The standard InChI is InChI=1S/C13H17NO/c1-9-6-11(3)12(7-10(9)2)13(4,5)14-8-15/h6-7H,1-5H3. The molecular formula is C13H17NO. The summed E-state index contributed by atoms with van der Waals surface area (Å²) in [7, 11) is 0. The molecule has 1 rings (SSSR count). The van der Waals surface area contributed by atoms with Crippen molar-refractivity contribution in [2.45, 2.75) is 40.2 Å². The van der Waals surface area contributed by atoms with Gasteiger partial charge in [-0.3, -0.25) is 0 Å². The summed E-state index contributed by atoms with van der Waals surface area (Å²) in [6.45, 7) is 10.1. The van der Waals surface area contributed by atoms with E-state index in [0.29, 0.717) is 0 Å². The zero-order chi connectivity index (χ0) is 11.6. The minimum Gasteiger partial charge on any atom is -0.211 e. The number of aryl methyl sites for hydroxylation is 3. The lowest BCUT2D eigenvalue weighted by Crippen LogP contribution is -2.15. The van der Waals surface area contributed by atoms with Crippen molar-refractivity contribution < 1.29 is 4.79 Å². The molecule has 0 spiro atoms. The Kier molecular flexibility index (Phi) is 3.11. The van der Waals surface area contributed by atoms with E-state index in [-0.39, 0.29) is 0 Å². The largest absolute Gasteiger partial charge is 0.235 e. The van der Waals surface area contributed by atoms with Crippen LogP contribution in [-0.2, 0) is 10.3 Å². The number of benzene rings is 1. The van der Waals surface area contributed by atoms with Crippen molar-refractivity contribution in [2.75, 3.05) is 0 Å². The molecule has 0 atom stereocenters. The Bertz CT molecular complexity index is 426. The van der Waals surface area contributed by atoms with Gasteiger partial charge in [-0.2, -0.15) is 4.99 Å². The minimum absolute atomic E-state index is 0.482. The maximum atomic E-state index is 10.4. The molecule has 0 heterocycles. The predicted molar refractivity (Wildman–Crippen MR) is 61.8 cm³/mol. The van der Waals surface area contributed by atoms with Crippen molar-refractivity contribution in [1.82, 2.24) is 0 Å². The van der Waals surface area contributed by atoms with Crippen LogP contribution in [0.1, 0.15) is 36.1 Å². The highest BCUT2D eigenvalue weighted by Gasteiger charge is 2.21. The smallest absolute Gasteiger partial charge is 0.211 e. The molecule has 80 valence electrons. The van der Waals surface area contributed by atoms with E-state index in [2.05, 4.69) is 31.0 Å². The third kappa shape index (κ3) is 2.34. The maximum Gasteiger partial charge on any atom is 0.235 e. The summed E-state index contributed by atoms with van der Waals surface area (Å²) in [6.07, 6.45) is 1.64. The van der Waals surface area contributed by atoms with Crippen LogP contribution in [0.5, 0.6) is 0 Å². The first-order valence-electron chi connectivity index (χ1n) is 5.06. The minimum atomic E-state index is -0.482. The first-order chi connectivity index (χ1) is 6.88. The maximum absolute atomic E-state index is 10.4. The zero-order valence-corrected chi connectivity index (χ0v) is 10.0. The van der Waals surface area contributed by atoms with Crippen LogP contribution >= 0.6 is 0 Å². The van der Waals surface area contributed by atoms with Gasteiger partial charge in [-0.1, -0.05) is 12.1 Å². The molecule has 0 bridgehead atoms. The number of carbonyl (C=O) groups excluding carboxylic acids is 1. The molecule has 2 nitrogen and oxygen atoms in total. The van der Waals surface area contributed by atoms with Crippen LogP contribution < -0.4 is 0 Å². The molecule has 1 aromatic rings. The fraction of sp³-hybridized carbons (Fsp3) is 0.462. The highest BCUT2D eigenvalue weighted by atomic mass is 16.1. The summed E-state index contributed by atoms with van der Waals surface area (Å²) >= 11 is 0. The highest BCUT2D eigenvalue weighted by molar-refractivity contribution is 5.43. The Hall–Kier alpha value is -1.40. The SMILES string of the molecule is Cc1cc(C)c(C(C)(C)N=C=O)cc1C. The number of rotatable bonds is 2. The number of hydrogen-bond acceptors (Lipinski definition) is 2. The van der Waals surface area contributed by atoms with E-state index in [1.807, 2.05) is 20.8 Å². The lowest BCUT2D eigenvalue weighted by atomic mass is 9.88. The van der Waals surface area contributed by atoms with Crippen molar-refractivity contribution in [3.05, 3.63) is 34.4 Å². The van der Waals surface area contributed by atoms with E-state index in [0.717, 1.165) is 5.56 Å². The Balaban J connectivity index is 3.38. The van der Waals surface area contributed by atoms with E-state index >= 15 is 0 Å². The van der Waals surface area contributed by atoms with Crippen LogP contribution in [0, 0.1) is 20.8 Å². The van der Waals surface area contributed by atoms with Crippen LogP contribution in [0.2, 0.25) is 0 Å². The van der Waals surface area contributed by atoms with Gasteiger partial charge in [-0.05, 0) is 56.9 Å². The van der Waals surface area contributed by atoms with Gasteiger partial charge in [0.15, 0.2) is 0 Å². The van der Waals surface area contributed by atoms with E-state index in [9.17, 15) is 4.79 Å². The van der Waals surface area contributed by atoms with Gasteiger partial charge >= 0.3 is 0 Å². The summed E-state index contributed by atoms with van der Waals surface area (Å²) in [5.41, 5.74) is 4.27. The van der Waals surface area contributed by atoms with E-state index in [1.54, 1.807) is 6.08 Å². The van der Waals surface area contributed by atoms with Gasteiger partial charge in [-0.15, -0.1) is 0 Å². The fourth-order valence-corrected chi connectivity index (χ4v) is 1.79. The lowest BCUT2D eigenvalue weighted by molar-refractivity contribution is 0.521. The molecule has 15 heavy (non-hydrogen) atoms. The van der Waals surface area contributed by atoms with Gasteiger partial charge in [0.05, 0.1) is 5.54 Å². The number of nitrogens with zero attached hydrogens (tertiary/aromatic N) is 1. The summed E-state index contributed by atoms with van der Waals surface area (Å²) in [6, 6.07) is 4.23. The van der Waals surface area contributed by atoms with Gasteiger partial charge in [0.1, 0.15) is 0 Å². The third-order valence-electron chi connectivity index (χ3n) is 2.82. The van der Waals surface area contributed by atoms with E-state index in [1.165, 1.54) is 16.7 Å². The summed E-state index contributed by atoms with van der Waals surface area (Å²) < 4.78 is 0. The van der Waals surface area contributed by atoms with Gasteiger partial charge in [-0.25, -0.2) is 4.79 Å². The number of hydrogen-bond donors (Lipinski definition) is 0. The molecule has 0 aliphatic heterocycles. The summed E-state index contributed by atoms with van der Waals surface area (Å²) in [5.74, 6) is 0. The first kappa shape index (κ1) is 11.7. The normalized spacial score (nSPS) is 11.0. The molecule has 0 aromatic heterocycles. The van der Waals surface area contributed by atoms with E-state index < -0.39 is 5.54 Å². The topological polar surface area (TPSA) is 29.4 Å². The van der Waals surface area contributed by atoms with Crippen LogP contribution in [0.15, 0.2) is 17.1 Å². The molecule has 0 unspecified atom stereocenters. The van der Waals surface area contributed by atoms with Crippen molar-refractivity contribution in [3.8, 4) is 0 Å². The van der Waals surface area contributed by atoms with Gasteiger partial charge in [0, 0.05) is 0 Å². The second-order valence-corrected chi connectivity index (χ2v) is 4.51. The fourth-order valence-electron chi connectivity index (χ4n) is 1.79. The first-order valence-corrected chi connectivity index (χ1v) is 5.06. The molecular weight excluding hydrogens is 186 g/mol. The quantitative estimate of drug-likeness (QED) is 0.536. The zero-order valence-electron chi connectivity index (χ0n) is 10.0. The summed E-state index contributed by atoms with van der Waals surface area (Å²) in [4.78, 5) is 14.2. The predicted octanol–water partition coefficient (Wildman–Crippen LogP) is 3.18. The number of aliphatic imine (C=N–C) groups is 1. The van der Waals surface area contributed by atoms with E-state index in [4.69, 9.17) is 0 Å². The van der Waals surface area contributed by atoms with Crippen molar-refractivity contribution in [2.24, 2.45) is 4.99 Å². The average Bonchev–Trinajstić information content (AvgIpc) is 2.11. The molecule has 0 aliphatic rings. The molecule has 1 aromatic carbocycles. The Labute approximate surface area is 91.0 Å². The monoisotopic (exact) mass is 203 g/mol. The second-order valence-electron chi connectivity index (χ2n) is 4.51. The molecule has 2 heteroatoms. The van der Waals surface area contributed by atoms with Crippen molar-refractivity contribution in [3.63, 3.8) is 0 Å². The van der Waals surface area contributed by atoms with Crippen molar-refractivity contribution in [1.29, 1.82) is 0 Å². The third-order valence-corrected chi connectivity index (χ3v) is 2.82. The molecule has 0 radical (unpaired) electrons. The average molecular weight is 203 g/mol. The lowest BCUT2D eigenvalue weighted by Gasteiger charge is -2.21. The van der Waals surface area contributed by atoms with Crippen LogP contribution in [0.25, 0.3) is 0 Å². The van der Waals surface area contributed by atoms with Gasteiger partial charge in [0.2, 0.25) is 6.08 Å². The van der Waals surface area contributed by atoms with Crippen molar-refractivity contribution >= 4 is 6.08 Å². The molecule has 0 fully saturated rings. The Morgan fingerprint density at radius 2 is 1.60 bits per heavy atom. The molecule has 0 N–H and O–H groups in total. The second kappa shape index (κ2) is 4.00. The Morgan fingerprint density at radius 3 is 2.13 bits per heavy atom. The summed E-state index contributed by atoms with van der Waals surface area (Å²) in [5, 5.41) is 0. The van der Waals surface area contributed by atoms with Crippen LogP contribution in [0.3, 0.4) is 0 Å². The molecule has 0 amide bonds. The molecule has 0 saturated heterocycles. The molecule has 0 saturated carbocycles. The highest BCUT2D eigenvalue weighted by Crippen LogP contribution is 2.29. The molecule has 0 aliphatic carbocycles. The van der Waals surface area contributed by atoms with Gasteiger partial charge < -0.3 is 0 Å².